The fraction of sp³-hybridized carbons (Fsp3) is 0.375. The van der Waals surface area contributed by atoms with E-state index in [4.69, 9.17) is 9.84 Å². The molecule has 2 heterocycles. The third-order valence-corrected chi connectivity index (χ3v) is 3.86. The largest absolute Gasteiger partial charge is 0.497 e. The van der Waals surface area contributed by atoms with Crippen molar-refractivity contribution in [3.05, 3.63) is 24.0 Å². The molecule has 0 saturated carbocycles. The number of hydrogen-bond donors (Lipinski definition) is 3. The first-order valence-corrected chi connectivity index (χ1v) is 8.00. The maximum absolute atomic E-state index is 10.4. The quantitative estimate of drug-likeness (QED) is 0.562. The molecule has 0 bridgehead atoms. The average Bonchev–Trinajstić information content (AvgIpc) is 2.99. The predicted molar refractivity (Wildman–Crippen MR) is 93.3 cm³/mol. The van der Waals surface area contributed by atoms with Crippen molar-refractivity contribution in [2.45, 2.75) is 19.8 Å². The molecule has 3 rings (SSSR count). The van der Waals surface area contributed by atoms with Crippen molar-refractivity contribution in [1.29, 1.82) is 0 Å². The maximum atomic E-state index is 10.4. The normalized spacial score (nSPS) is 11.0. The highest BCUT2D eigenvalue weighted by Gasteiger charge is 2.13. The summed E-state index contributed by atoms with van der Waals surface area (Å²) in [7, 11) is 1.62. The van der Waals surface area contributed by atoms with Crippen molar-refractivity contribution in [2.24, 2.45) is 0 Å². The molecule has 25 heavy (non-hydrogen) atoms. The molecule has 0 aliphatic heterocycles. The molecule has 0 atom stereocenters. The molecule has 3 N–H and O–H groups in total. The molecular formula is C16H20N6O3. The molecule has 0 radical (unpaired) electrons. The van der Waals surface area contributed by atoms with Crippen LogP contribution in [0.5, 0.6) is 5.75 Å². The number of nitrogens with one attached hydrogen (secondary N) is 2. The van der Waals surface area contributed by atoms with Crippen LogP contribution in [0, 0.1) is 6.92 Å². The Hall–Kier alpha value is -3.10. The van der Waals surface area contributed by atoms with Gasteiger partial charge < -0.3 is 20.5 Å². The minimum atomic E-state index is -1.00. The van der Waals surface area contributed by atoms with E-state index in [1.165, 1.54) is 0 Å². The molecule has 0 saturated heterocycles. The Kier molecular flexibility index (Phi) is 4.82. The lowest BCUT2D eigenvalue weighted by molar-refractivity contribution is 0.194. The zero-order chi connectivity index (χ0) is 17.8. The van der Waals surface area contributed by atoms with E-state index in [1.807, 2.05) is 29.5 Å². The molecular weight excluding hydrogens is 324 g/mol. The number of benzene rings is 1. The van der Waals surface area contributed by atoms with Crippen molar-refractivity contribution in [2.75, 3.05) is 25.5 Å². The van der Waals surface area contributed by atoms with Gasteiger partial charge in [-0.1, -0.05) is 0 Å². The highest BCUT2D eigenvalue weighted by atomic mass is 16.5. The highest BCUT2D eigenvalue weighted by molar-refractivity contribution is 5.84. The van der Waals surface area contributed by atoms with Crippen LogP contribution in [0.4, 0.5) is 10.6 Å². The van der Waals surface area contributed by atoms with Gasteiger partial charge in [0.1, 0.15) is 11.6 Å². The first kappa shape index (κ1) is 16.7. The van der Waals surface area contributed by atoms with E-state index in [9.17, 15) is 4.79 Å². The van der Waals surface area contributed by atoms with Gasteiger partial charge in [0, 0.05) is 19.2 Å². The first-order valence-electron chi connectivity index (χ1n) is 8.00. The van der Waals surface area contributed by atoms with Crippen LogP contribution in [0.15, 0.2) is 18.2 Å². The van der Waals surface area contributed by atoms with Gasteiger partial charge in [-0.2, -0.15) is 0 Å². The predicted octanol–water partition coefficient (Wildman–Crippen LogP) is 2.05. The summed E-state index contributed by atoms with van der Waals surface area (Å²) < 4.78 is 7.23. The van der Waals surface area contributed by atoms with E-state index in [1.54, 1.807) is 7.11 Å². The second-order valence-corrected chi connectivity index (χ2v) is 5.59. The second-order valence-electron chi connectivity index (χ2n) is 5.59. The number of rotatable bonds is 7. The van der Waals surface area contributed by atoms with Gasteiger partial charge in [-0.3, -0.25) is 4.40 Å². The van der Waals surface area contributed by atoms with Gasteiger partial charge >= 0.3 is 6.09 Å². The molecule has 0 fully saturated rings. The monoisotopic (exact) mass is 344 g/mol. The van der Waals surface area contributed by atoms with E-state index in [0.29, 0.717) is 24.6 Å². The number of ether oxygens (including phenoxy) is 1. The van der Waals surface area contributed by atoms with E-state index >= 15 is 0 Å². The number of hydrogen-bond acceptors (Lipinski definition) is 6. The smallest absolute Gasteiger partial charge is 0.404 e. The van der Waals surface area contributed by atoms with Gasteiger partial charge in [-0.15, -0.1) is 10.2 Å². The Labute approximate surface area is 144 Å². The van der Waals surface area contributed by atoms with E-state index < -0.39 is 6.09 Å². The lowest BCUT2D eigenvalue weighted by Gasteiger charge is -2.10. The number of aromatic nitrogens is 4. The number of anilines is 1. The Balaban J connectivity index is 1.82. The third-order valence-electron chi connectivity index (χ3n) is 3.86. The number of carbonyl (C=O) groups is 1. The molecule has 0 unspecified atom stereocenters. The van der Waals surface area contributed by atoms with Crippen LogP contribution in [0.3, 0.4) is 0 Å². The zero-order valence-corrected chi connectivity index (χ0v) is 14.1. The van der Waals surface area contributed by atoms with E-state index in [0.717, 1.165) is 35.4 Å². The molecule has 2 aromatic heterocycles. The topological polar surface area (TPSA) is 114 Å². The molecule has 9 heteroatoms. The Morgan fingerprint density at radius 2 is 2.08 bits per heavy atom. The molecule has 1 aromatic carbocycles. The van der Waals surface area contributed by atoms with Crippen LogP contribution in [0.1, 0.15) is 18.7 Å². The maximum Gasteiger partial charge on any atom is 0.404 e. The summed E-state index contributed by atoms with van der Waals surface area (Å²) in [5, 5.41) is 22.5. The molecule has 0 aliphatic rings. The van der Waals surface area contributed by atoms with Crippen LogP contribution in [0.2, 0.25) is 0 Å². The van der Waals surface area contributed by atoms with Crippen molar-refractivity contribution < 1.29 is 14.6 Å². The van der Waals surface area contributed by atoms with Crippen molar-refractivity contribution >= 4 is 28.6 Å². The second kappa shape index (κ2) is 7.20. The molecule has 9 nitrogen and oxygen atoms in total. The van der Waals surface area contributed by atoms with Gasteiger partial charge in [-0.25, -0.2) is 9.78 Å². The lowest BCUT2D eigenvalue weighted by Crippen LogP contribution is -2.22. The number of unbranched alkanes of at least 4 members (excludes halogenated alkanes) is 1. The lowest BCUT2D eigenvalue weighted by atomic mass is 10.2. The number of methoxy groups -OCH3 is 1. The standard InChI is InChI=1S/C16H20N6O3/c1-10-20-21-15-14(17-7-3-4-8-18-16(23)24)19-12-9-11(25-2)5-6-13(12)22(10)15/h5-6,9,18H,3-4,7-8H2,1-2H3,(H,17,19)(H,23,24). The van der Waals surface area contributed by atoms with E-state index in [2.05, 4.69) is 25.8 Å². The summed E-state index contributed by atoms with van der Waals surface area (Å²) in [4.78, 5) is 15.1. The molecule has 3 aromatic rings. The Morgan fingerprint density at radius 1 is 1.28 bits per heavy atom. The van der Waals surface area contributed by atoms with Crippen molar-refractivity contribution in [3.63, 3.8) is 0 Å². The summed E-state index contributed by atoms with van der Waals surface area (Å²) in [6, 6.07) is 5.69. The van der Waals surface area contributed by atoms with Crippen molar-refractivity contribution in [3.8, 4) is 5.75 Å². The first-order chi connectivity index (χ1) is 12.1. The van der Waals surface area contributed by atoms with Gasteiger partial charge in [0.2, 0.25) is 5.65 Å². The number of fused-ring (bicyclic) bond motifs is 3. The minimum Gasteiger partial charge on any atom is -0.497 e. The fourth-order valence-electron chi connectivity index (χ4n) is 2.65. The van der Waals surface area contributed by atoms with Crippen LogP contribution in [-0.4, -0.2) is 51.0 Å². The highest BCUT2D eigenvalue weighted by Crippen LogP contribution is 2.24. The molecule has 132 valence electrons. The summed E-state index contributed by atoms with van der Waals surface area (Å²) in [6.07, 6.45) is 0.541. The van der Waals surface area contributed by atoms with Gasteiger partial charge in [0.25, 0.3) is 0 Å². The molecule has 0 spiro atoms. The molecule has 0 aliphatic carbocycles. The SMILES string of the molecule is COc1ccc2c(c1)nc(NCCCCNC(=O)O)c1nnc(C)n12. The number of aryl methyl sites for hydroxylation is 1. The summed E-state index contributed by atoms with van der Waals surface area (Å²) in [5.41, 5.74) is 2.36. The summed E-state index contributed by atoms with van der Waals surface area (Å²) in [5.74, 6) is 2.16. The van der Waals surface area contributed by atoms with Gasteiger partial charge in [-0.05, 0) is 31.9 Å². The Morgan fingerprint density at radius 3 is 2.84 bits per heavy atom. The number of carboxylic acid groups (broad SMARTS) is 1. The molecule has 1 amide bonds. The van der Waals surface area contributed by atoms with E-state index in [-0.39, 0.29) is 0 Å². The van der Waals surface area contributed by atoms with Crippen LogP contribution >= 0.6 is 0 Å². The average molecular weight is 344 g/mol. The minimum absolute atomic E-state index is 0.429. The Bertz CT molecular complexity index is 908. The van der Waals surface area contributed by atoms with Crippen LogP contribution < -0.4 is 15.4 Å². The van der Waals surface area contributed by atoms with Crippen molar-refractivity contribution in [1.82, 2.24) is 24.9 Å². The van der Waals surface area contributed by atoms with Gasteiger partial charge in [0.05, 0.1) is 18.1 Å². The van der Waals surface area contributed by atoms with Crippen LogP contribution in [-0.2, 0) is 0 Å². The summed E-state index contributed by atoms with van der Waals surface area (Å²) >= 11 is 0. The zero-order valence-electron chi connectivity index (χ0n) is 14.1. The third kappa shape index (κ3) is 3.54. The van der Waals surface area contributed by atoms with Crippen LogP contribution in [0.25, 0.3) is 16.7 Å². The fourth-order valence-corrected chi connectivity index (χ4v) is 2.65. The number of amides is 1. The number of nitrogens with zero attached hydrogens (tertiary/aromatic N) is 4. The summed E-state index contributed by atoms with van der Waals surface area (Å²) in [6.45, 7) is 2.98. The van der Waals surface area contributed by atoms with Gasteiger partial charge in [0.15, 0.2) is 5.82 Å².